The lowest BCUT2D eigenvalue weighted by Crippen LogP contribution is -1.99. The Hall–Kier alpha value is -1.37. The first kappa shape index (κ1) is 12.1. The summed E-state index contributed by atoms with van der Waals surface area (Å²) in [5, 5.41) is 8.62. The van der Waals surface area contributed by atoms with E-state index in [1.807, 2.05) is 36.4 Å². The highest BCUT2D eigenvalue weighted by atomic mass is 79.9. The topological polar surface area (TPSA) is 36.7 Å². The summed E-state index contributed by atoms with van der Waals surface area (Å²) < 4.78 is 0.732. The van der Waals surface area contributed by atoms with Crippen molar-refractivity contribution >= 4 is 27.5 Å². The molecular weight excluding hydrogens is 300 g/mol. The monoisotopic (exact) mass is 306 g/mol. The second-order valence-corrected chi connectivity index (χ2v) is 4.70. The van der Waals surface area contributed by atoms with E-state index in [4.69, 9.17) is 16.9 Å². The van der Waals surface area contributed by atoms with Crippen molar-refractivity contribution < 1.29 is 0 Å². The maximum atomic E-state index is 9.03. The van der Waals surface area contributed by atoms with E-state index in [1.165, 1.54) is 0 Å². The number of hydrogen-bond acceptors (Lipinski definition) is 2. The maximum Gasteiger partial charge on any atom is 0.106 e. The number of hydrogen-bond donors (Lipinski definition) is 0. The molecule has 0 fully saturated rings. The standard InChI is InChI=1S/C13H8BrClN2/c14-12-7-3-6-11(17-12)13(15)10-5-2-1-4-9(10)8-16/h1-7,13H. The van der Waals surface area contributed by atoms with Crippen molar-refractivity contribution in [2.24, 2.45) is 0 Å². The van der Waals surface area contributed by atoms with Crippen LogP contribution in [-0.2, 0) is 0 Å². The molecule has 17 heavy (non-hydrogen) atoms. The van der Waals surface area contributed by atoms with Gasteiger partial charge in [-0.15, -0.1) is 11.6 Å². The molecule has 0 bridgehead atoms. The number of halogens is 2. The molecule has 0 radical (unpaired) electrons. The van der Waals surface area contributed by atoms with Crippen LogP contribution in [-0.4, -0.2) is 4.98 Å². The van der Waals surface area contributed by atoms with E-state index in [0.29, 0.717) is 5.56 Å². The molecule has 2 rings (SSSR count). The van der Waals surface area contributed by atoms with Crippen LogP contribution in [0.5, 0.6) is 0 Å². The van der Waals surface area contributed by atoms with Crippen LogP contribution in [0.25, 0.3) is 0 Å². The number of benzene rings is 1. The van der Waals surface area contributed by atoms with Gasteiger partial charge >= 0.3 is 0 Å². The van der Waals surface area contributed by atoms with Gasteiger partial charge in [-0.2, -0.15) is 5.26 Å². The molecule has 4 heteroatoms. The summed E-state index contributed by atoms with van der Waals surface area (Å²) >= 11 is 9.66. The number of alkyl halides is 1. The van der Waals surface area contributed by atoms with Gasteiger partial charge in [0.25, 0.3) is 0 Å². The molecule has 0 spiro atoms. The van der Waals surface area contributed by atoms with Gasteiger partial charge in [0.15, 0.2) is 0 Å². The van der Waals surface area contributed by atoms with E-state index in [-0.39, 0.29) is 0 Å². The van der Waals surface area contributed by atoms with Crippen molar-refractivity contribution in [1.82, 2.24) is 4.98 Å². The SMILES string of the molecule is N#Cc1ccccc1C(Cl)c1cccc(Br)n1. The fraction of sp³-hybridized carbons (Fsp3) is 0.0769. The van der Waals surface area contributed by atoms with Gasteiger partial charge in [0, 0.05) is 0 Å². The van der Waals surface area contributed by atoms with Crippen molar-refractivity contribution in [3.63, 3.8) is 0 Å². The lowest BCUT2D eigenvalue weighted by Gasteiger charge is -2.11. The van der Waals surface area contributed by atoms with Crippen molar-refractivity contribution in [2.75, 3.05) is 0 Å². The molecule has 1 unspecified atom stereocenters. The van der Waals surface area contributed by atoms with Gasteiger partial charge in [-0.05, 0) is 39.7 Å². The molecule has 2 nitrogen and oxygen atoms in total. The second-order valence-electron chi connectivity index (χ2n) is 3.45. The molecule has 1 atom stereocenters. The van der Waals surface area contributed by atoms with Crippen LogP contribution >= 0.6 is 27.5 Å². The third kappa shape index (κ3) is 2.66. The largest absolute Gasteiger partial charge is 0.244 e. The fourth-order valence-corrected chi connectivity index (χ4v) is 2.21. The maximum absolute atomic E-state index is 9.03. The third-order valence-corrected chi connectivity index (χ3v) is 3.25. The molecule has 0 aliphatic heterocycles. The Morgan fingerprint density at radius 1 is 1.18 bits per heavy atom. The molecule has 0 saturated heterocycles. The first-order valence-corrected chi connectivity index (χ1v) is 6.21. The minimum atomic E-state index is -0.414. The van der Waals surface area contributed by atoms with Gasteiger partial charge in [-0.3, -0.25) is 0 Å². The molecule has 1 heterocycles. The summed E-state index contributed by atoms with van der Waals surface area (Å²) in [6, 6.07) is 15.0. The Morgan fingerprint density at radius 2 is 1.94 bits per heavy atom. The highest BCUT2D eigenvalue weighted by molar-refractivity contribution is 9.10. The first-order valence-electron chi connectivity index (χ1n) is 4.98. The molecule has 0 aliphatic carbocycles. The lowest BCUT2D eigenvalue weighted by atomic mass is 10.0. The molecule has 84 valence electrons. The fourth-order valence-electron chi connectivity index (χ4n) is 1.54. The van der Waals surface area contributed by atoms with Gasteiger partial charge in [0.1, 0.15) is 9.98 Å². The van der Waals surface area contributed by atoms with Crippen molar-refractivity contribution in [3.8, 4) is 6.07 Å². The van der Waals surface area contributed by atoms with E-state index in [2.05, 4.69) is 27.0 Å². The van der Waals surface area contributed by atoms with Gasteiger partial charge < -0.3 is 0 Å². The Bertz CT molecular complexity index is 578. The van der Waals surface area contributed by atoms with E-state index in [1.54, 1.807) is 6.07 Å². The van der Waals surface area contributed by atoms with Gasteiger partial charge in [-0.25, -0.2) is 4.98 Å². The predicted octanol–water partition coefficient (Wildman–Crippen LogP) is 4.04. The van der Waals surface area contributed by atoms with E-state index < -0.39 is 5.38 Å². The van der Waals surface area contributed by atoms with Gasteiger partial charge in [-0.1, -0.05) is 24.3 Å². The highest BCUT2D eigenvalue weighted by Gasteiger charge is 2.15. The summed E-state index contributed by atoms with van der Waals surface area (Å²) in [6.45, 7) is 0. The Morgan fingerprint density at radius 3 is 2.65 bits per heavy atom. The second kappa shape index (κ2) is 5.31. The van der Waals surface area contributed by atoms with Crippen LogP contribution < -0.4 is 0 Å². The average Bonchev–Trinajstić information content (AvgIpc) is 2.38. The van der Waals surface area contributed by atoms with Crippen LogP contribution in [0.4, 0.5) is 0 Å². The highest BCUT2D eigenvalue weighted by Crippen LogP contribution is 2.30. The molecule has 0 saturated carbocycles. The van der Waals surface area contributed by atoms with Crippen LogP contribution in [0, 0.1) is 11.3 Å². The smallest absolute Gasteiger partial charge is 0.106 e. The van der Waals surface area contributed by atoms with Crippen molar-refractivity contribution in [1.29, 1.82) is 5.26 Å². The minimum Gasteiger partial charge on any atom is -0.244 e. The summed E-state index contributed by atoms with van der Waals surface area (Å²) in [7, 11) is 0. The molecular formula is C13H8BrClN2. The summed E-state index contributed by atoms with van der Waals surface area (Å²) in [5.41, 5.74) is 2.08. The summed E-state index contributed by atoms with van der Waals surface area (Å²) in [5.74, 6) is 0. The number of pyridine rings is 1. The minimum absolute atomic E-state index is 0.414. The van der Waals surface area contributed by atoms with Gasteiger partial charge in [0.2, 0.25) is 0 Å². The van der Waals surface area contributed by atoms with Crippen LogP contribution in [0.15, 0.2) is 47.1 Å². The third-order valence-electron chi connectivity index (χ3n) is 2.35. The molecule has 0 amide bonds. The molecule has 1 aromatic heterocycles. The number of rotatable bonds is 2. The quantitative estimate of drug-likeness (QED) is 0.620. The van der Waals surface area contributed by atoms with Crippen LogP contribution in [0.3, 0.4) is 0 Å². The van der Waals surface area contributed by atoms with E-state index >= 15 is 0 Å². The first-order chi connectivity index (χ1) is 8.22. The van der Waals surface area contributed by atoms with E-state index in [0.717, 1.165) is 15.9 Å². The zero-order valence-corrected chi connectivity index (χ0v) is 11.1. The van der Waals surface area contributed by atoms with Crippen molar-refractivity contribution in [2.45, 2.75) is 5.38 Å². The van der Waals surface area contributed by atoms with Crippen LogP contribution in [0.1, 0.15) is 22.2 Å². The summed E-state index contributed by atoms with van der Waals surface area (Å²) in [6.07, 6.45) is 0. The zero-order valence-electron chi connectivity index (χ0n) is 8.77. The molecule has 0 N–H and O–H groups in total. The Kier molecular flexibility index (Phi) is 3.78. The molecule has 2 aromatic rings. The number of nitrogens with zero attached hydrogens (tertiary/aromatic N) is 2. The average molecular weight is 308 g/mol. The van der Waals surface area contributed by atoms with Crippen LogP contribution in [0.2, 0.25) is 0 Å². The molecule has 0 aliphatic rings. The van der Waals surface area contributed by atoms with Gasteiger partial charge in [0.05, 0.1) is 17.3 Å². The molecule has 1 aromatic carbocycles. The number of nitriles is 1. The Labute approximate surface area is 113 Å². The predicted molar refractivity (Wildman–Crippen MR) is 70.8 cm³/mol. The van der Waals surface area contributed by atoms with Crippen molar-refractivity contribution in [3.05, 3.63) is 63.9 Å². The number of aromatic nitrogens is 1. The zero-order chi connectivity index (χ0) is 12.3. The Balaban J connectivity index is 2.44. The summed E-state index contributed by atoms with van der Waals surface area (Å²) in [4.78, 5) is 4.30. The lowest BCUT2D eigenvalue weighted by molar-refractivity contribution is 1.02. The van der Waals surface area contributed by atoms with E-state index in [9.17, 15) is 0 Å². The normalized spacial score (nSPS) is 11.8.